The van der Waals surface area contributed by atoms with Gasteiger partial charge >= 0.3 is 0 Å². The van der Waals surface area contributed by atoms with Crippen molar-refractivity contribution in [3.63, 3.8) is 0 Å². The predicted molar refractivity (Wildman–Crippen MR) is 74.0 cm³/mol. The Morgan fingerprint density at radius 2 is 1.50 bits per heavy atom. The number of imide groups is 1. The Bertz CT molecular complexity index is 399. The van der Waals surface area contributed by atoms with Gasteiger partial charge in [0.15, 0.2) is 0 Å². The van der Waals surface area contributed by atoms with E-state index in [9.17, 15) is 9.59 Å². The second-order valence-electron chi connectivity index (χ2n) is 4.79. The van der Waals surface area contributed by atoms with Crippen LogP contribution in [0, 0.1) is 39.9 Å². The lowest BCUT2D eigenvalue weighted by Crippen LogP contribution is -2.56. The third kappa shape index (κ3) is 3.79. The highest BCUT2D eigenvalue weighted by Crippen LogP contribution is 2.41. The van der Waals surface area contributed by atoms with Crippen molar-refractivity contribution in [3.05, 3.63) is 0 Å². The fourth-order valence-corrected chi connectivity index (χ4v) is 2.10. The lowest BCUT2D eigenvalue weighted by atomic mass is 9.64. The van der Waals surface area contributed by atoms with Gasteiger partial charge < -0.3 is 5.32 Å². The lowest BCUT2D eigenvalue weighted by molar-refractivity contribution is -0.144. The lowest BCUT2D eigenvalue weighted by Gasteiger charge is -2.38. The zero-order chi connectivity index (χ0) is 15.8. The maximum absolute atomic E-state index is 11.4. The molecule has 1 saturated heterocycles. The number of hydrogen-bond acceptors (Lipinski definition) is 5. The van der Waals surface area contributed by atoms with E-state index in [0.29, 0.717) is 6.42 Å². The molecule has 2 atom stereocenters. The summed E-state index contributed by atoms with van der Waals surface area (Å²) in [5.41, 5.74) is -0.886. The third-order valence-electron chi connectivity index (χ3n) is 3.61. The fourth-order valence-electron chi connectivity index (χ4n) is 2.10. The van der Waals surface area contributed by atoms with E-state index < -0.39 is 29.1 Å². The molecule has 1 rings (SSSR count). The molecule has 1 aliphatic rings. The van der Waals surface area contributed by atoms with Crippen LogP contribution in [0.15, 0.2) is 0 Å². The SMILES string of the molecule is CCC1(C)C(C#N)C(=O)NC(=O)C1C#N.CCNCC. The van der Waals surface area contributed by atoms with Gasteiger partial charge in [0, 0.05) is 5.41 Å². The molecule has 6 heteroatoms. The Hall–Kier alpha value is -1.92. The number of hydrogen-bond donors (Lipinski definition) is 2. The minimum atomic E-state index is -0.940. The smallest absolute Gasteiger partial charge is 0.244 e. The number of nitrogens with one attached hydrogen (secondary N) is 2. The van der Waals surface area contributed by atoms with Crippen LogP contribution in [0.3, 0.4) is 0 Å². The minimum absolute atomic E-state index is 0.433. The normalized spacial score (nSPS) is 28.5. The zero-order valence-electron chi connectivity index (χ0n) is 12.5. The molecule has 2 unspecified atom stereocenters. The summed E-state index contributed by atoms with van der Waals surface area (Å²) in [5.74, 6) is -3.08. The molecule has 2 N–H and O–H groups in total. The first-order valence-electron chi connectivity index (χ1n) is 6.77. The molecule has 0 aliphatic carbocycles. The van der Waals surface area contributed by atoms with E-state index >= 15 is 0 Å². The van der Waals surface area contributed by atoms with Gasteiger partial charge in [-0.05, 0) is 19.5 Å². The molecule has 2 amide bonds. The van der Waals surface area contributed by atoms with Crippen LogP contribution in [0.4, 0.5) is 0 Å². The molecule has 0 aromatic rings. The van der Waals surface area contributed by atoms with Crippen LogP contribution in [-0.2, 0) is 9.59 Å². The van der Waals surface area contributed by atoms with Gasteiger partial charge in [-0.2, -0.15) is 10.5 Å². The number of carbonyl (C=O) groups is 2. The first kappa shape index (κ1) is 18.1. The minimum Gasteiger partial charge on any atom is -0.317 e. The van der Waals surface area contributed by atoms with Crippen LogP contribution in [0.1, 0.15) is 34.1 Å². The summed E-state index contributed by atoms with van der Waals surface area (Å²) >= 11 is 0. The molecule has 0 saturated carbocycles. The average Bonchev–Trinajstić information content (AvgIpc) is 2.40. The van der Waals surface area contributed by atoms with Crippen molar-refractivity contribution in [3.8, 4) is 12.1 Å². The van der Waals surface area contributed by atoms with Crippen molar-refractivity contribution < 1.29 is 9.59 Å². The summed E-state index contributed by atoms with van der Waals surface area (Å²) in [6.07, 6.45) is 0.433. The van der Waals surface area contributed by atoms with Crippen LogP contribution in [-0.4, -0.2) is 24.9 Å². The van der Waals surface area contributed by atoms with Gasteiger partial charge in [-0.1, -0.05) is 27.7 Å². The number of rotatable bonds is 3. The Balaban J connectivity index is 0.000000621. The molecule has 0 spiro atoms. The second kappa shape index (κ2) is 8.29. The summed E-state index contributed by atoms with van der Waals surface area (Å²) in [4.78, 5) is 22.8. The molecule has 110 valence electrons. The number of carbonyl (C=O) groups excluding carboxylic acids is 2. The summed E-state index contributed by atoms with van der Waals surface area (Å²) in [6, 6.07) is 3.73. The van der Waals surface area contributed by atoms with Crippen LogP contribution >= 0.6 is 0 Å². The summed E-state index contributed by atoms with van der Waals surface area (Å²) in [7, 11) is 0. The molecular formula is C14H22N4O2. The molecule has 20 heavy (non-hydrogen) atoms. The van der Waals surface area contributed by atoms with Crippen molar-refractivity contribution >= 4 is 11.8 Å². The third-order valence-corrected chi connectivity index (χ3v) is 3.61. The quantitative estimate of drug-likeness (QED) is 0.748. The number of nitriles is 2. The van der Waals surface area contributed by atoms with E-state index in [1.165, 1.54) is 0 Å². The van der Waals surface area contributed by atoms with Gasteiger partial charge in [-0.25, -0.2) is 0 Å². The number of amides is 2. The highest BCUT2D eigenvalue weighted by molar-refractivity contribution is 6.03. The second-order valence-corrected chi connectivity index (χ2v) is 4.79. The van der Waals surface area contributed by atoms with Gasteiger partial charge in [-0.3, -0.25) is 14.9 Å². The first-order chi connectivity index (χ1) is 9.42. The Morgan fingerprint density at radius 3 is 1.70 bits per heavy atom. The van der Waals surface area contributed by atoms with Gasteiger partial charge in [0.2, 0.25) is 11.8 Å². The highest BCUT2D eigenvalue weighted by Gasteiger charge is 2.52. The zero-order valence-corrected chi connectivity index (χ0v) is 12.5. The molecule has 1 heterocycles. The van der Waals surface area contributed by atoms with Crippen molar-refractivity contribution in [2.75, 3.05) is 13.1 Å². The number of piperidine rings is 1. The van der Waals surface area contributed by atoms with E-state index in [-0.39, 0.29) is 0 Å². The monoisotopic (exact) mass is 278 g/mol. The summed E-state index contributed by atoms with van der Waals surface area (Å²) in [6.45, 7) is 9.78. The van der Waals surface area contributed by atoms with E-state index in [2.05, 4.69) is 19.2 Å². The van der Waals surface area contributed by atoms with Gasteiger partial charge in [-0.15, -0.1) is 0 Å². The van der Waals surface area contributed by atoms with E-state index in [4.69, 9.17) is 10.5 Å². The van der Waals surface area contributed by atoms with Crippen molar-refractivity contribution in [1.29, 1.82) is 10.5 Å². The topological polar surface area (TPSA) is 106 Å². The average molecular weight is 278 g/mol. The van der Waals surface area contributed by atoms with Gasteiger partial charge in [0.05, 0.1) is 12.1 Å². The van der Waals surface area contributed by atoms with E-state index in [1.807, 2.05) is 17.5 Å². The van der Waals surface area contributed by atoms with Crippen molar-refractivity contribution in [2.45, 2.75) is 34.1 Å². The molecule has 0 aromatic carbocycles. The summed E-state index contributed by atoms with van der Waals surface area (Å²) in [5, 5.41) is 23.0. The fraction of sp³-hybridized carbons (Fsp3) is 0.714. The molecule has 0 radical (unpaired) electrons. The molecular weight excluding hydrogens is 256 g/mol. The molecule has 1 aliphatic heterocycles. The first-order valence-corrected chi connectivity index (χ1v) is 6.77. The molecule has 0 aromatic heterocycles. The maximum atomic E-state index is 11.4. The van der Waals surface area contributed by atoms with E-state index in [1.54, 1.807) is 13.8 Å². The Labute approximate surface area is 120 Å². The largest absolute Gasteiger partial charge is 0.317 e. The van der Waals surface area contributed by atoms with Gasteiger partial charge in [0.25, 0.3) is 0 Å². The standard InChI is InChI=1S/C10H11N3O2.C4H11N/c1-3-10(2)6(4-11)8(14)13-9(15)7(10)5-12;1-3-5-4-2/h6-7H,3H2,1-2H3,(H,13,14,15);5H,3-4H2,1-2H3. The van der Waals surface area contributed by atoms with Crippen LogP contribution in [0.2, 0.25) is 0 Å². The van der Waals surface area contributed by atoms with Crippen LogP contribution in [0.5, 0.6) is 0 Å². The Morgan fingerprint density at radius 1 is 1.10 bits per heavy atom. The number of nitrogens with zero attached hydrogens (tertiary/aromatic N) is 2. The van der Waals surface area contributed by atoms with E-state index in [0.717, 1.165) is 13.1 Å². The van der Waals surface area contributed by atoms with Crippen LogP contribution < -0.4 is 10.6 Å². The maximum Gasteiger partial charge on any atom is 0.244 e. The molecule has 6 nitrogen and oxygen atoms in total. The van der Waals surface area contributed by atoms with Crippen molar-refractivity contribution in [2.24, 2.45) is 17.3 Å². The van der Waals surface area contributed by atoms with Crippen LogP contribution in [0.25, 0.3) is 0 Å². The summed E-state index contributed by atoms with van der Waals surface area (Å²) < 4.78 is 0. The molecule has 0 bridgehead atoms. The molecule has 1 fully saturated rings. The van der Waals surface area contributed by atoms with Gasteiger partial charge in [0.1, 0.15) is 11.8 Å². The highest BCUT2D eigenvalue weighted by atomic mass is 16.2. The predicted octanol–water partition coefficient (Wildman–Crippen LogP) is 0.954. The Kier molecular flexibility index (Phi) is 7.49. The van der Waals surface area contributed by atoms with Crippen molar-refractivity contribution in [1.82, 2.24) is 10.6 Å².